The minimum Gasteiger partial charge on any atom is -0.478 e. The Morgan fingerprint density at radius 1 is 1.37 bits per heavy atom. The first-order chi connectivity index (χ1) is 9.08. The summed E-state index contributed by atoms with van der Waals surface area (Å²) in [5, 5.41) is 9.13. The molecule has 0 spiro atoms. The van der Waals surface area contributed by atoms with E-state index in [1.54, 1.807) is 6.07 Å². The fraction of sp³-hybridized carbons (Fsp3) is 0.533. The fourth-order valence-electron chi connectivity index (χ4n) is 2.81. The van der Waals surface area contributed by atoms with Crippen molar-refractivity contribution in [3.05, 3.63) is 35.1 Å². The van der Waals surface area contributed by atoms with Gasteiger partial charge in [-0.15, -0.1) is 0 Å². The van der Waals surface area contributed by atoms with Crippen LogP contribution < -0.4 is 0 Å². The molecule has 3 nitrogen and oxygen atoms in total. The van der Waals surface area contributed by atoms with Gasteiger partial charge < -0.3 is 5.11 Å². The minimum atomic E-state index is -1.06. The zero-order valence-corrected chi connectivity index (χ0v) is 11.2. The molecule has 1 saturated carbocycles. The molecule has 1 aliphatic rings. The summed E-state index contributed by atoms with van der Waals surface area (Å²) >= 11 is 0. The standard InChI is InChI=1S/C15H20FNO2/c1-17(13-5-3-2-4-6-13)10-11-7-8-12(16)9-14(11)15(18)19/h7-9,13H,2-6,10H2,1H3,(H,18,19). The van der Waals surface area contributed by atoms with Crippen LogP contribution in [0.4, 0.5) is 4.39 Å². The Balaban J connectivity index is 2.11. The van der Waals surface area contributed by atoms with Gasteiger partial charge in [0.2, 0.25) is 0 Å². The molecule has 104 valence electrons. The average molecular weight is 265 g/mol. The Hall–Kier alpha value is -1.42. The molecule has 1 aliphatic carbocycles. The van der Waals surface area contributed by atoms with Crippen molar-refractivity contribution >= 4 is 5.97 Å². The number of halogens is 1. The van der Waals surface area contributed by atoms with Crippen molar-refractivity contribution in [2.45, 2.75) is 44.7 Å². The van der Waals surface area contributed by atoms with E-state index in [4.69, 9.17) is 5.11 Å². The van der Waals surface area contributed by atoms with Crippen LogP contribution in [0, 0.1) is 5.82 Å². The molecule has 19 heavy (non-hydrogen) atoms. The molecular weight excluding hydrogens is 245 g/mol. The average Bonchev–Trinajstić information content (AvgIpc) is 2.41. The molecular formula is C15H20FNO2. The van der Waals surface area contributed by atoms with Crippen LogP contribution in [0.3, 0.4) is 0 Å². The van der Waals surface area contributed by atoms with Crippen LogP contribution in [0.1, 0.15) is 48.0 Å². The lowest BCUT2D eigenvalue weighted by molar-refractivity contribution is 0.0693. The molecule has 2 rings (SSSR count). The van der Waals surface area contributed by atoms with E-state index in [-0.39, 0.29) is 5.56 Å². The van der Waals surface area contributed by atoms with E-state index in [1.807, 2.05) is 7.05 Å². The number of carbonyl (C=O) groups is 1. The first-order valence-corrected chi connectivity index (χ1v) is 6.80. The normalized spacial score (nSPS) is 16.8. The van der Waals surface area contributed by atoms with Crippen LogP contribution in [-0.2, 0) is 6.54 Å². The van der Waals surface area contributed by atoms with Crippen LogP contribution in [0.25, 0.3) is 0 Å². The van der Waals surface area contributed by atoms with E-state index in [1.165, 1.54) is 38.2 Å². The molecule has 0 atom stereocenters. The van der Waals surface area contributed by atoms with E-state index >= 15 is 0 Å². The van der Waals surface area contributed by atoms with Crippen LogP contribution in [0.15, 0.2) is 18.2 Å². The van der Waals surface area contributed by atoms with Gasteiger partial charge in [-0.05, 0) is 37.6 Å². The highest BCUT2D eigenvalue weighted by Crippen LogP contribution is 2.23. The van der Waals surface area contributed by atoms with Gasteiger partial charge in [-0.25, -0.2) is 9.18 Å². The Morgan fingerprint density at radius 3 is 2.68 bits per heavy atom. The van der Waals surface area contributed by atoms with Crippen molar-refractivity contribution in [3.63, 3.8) is 0 Å². The summed E-state index contributed by atoms with van der Waals surface area (Å²) in [6.45, 7) is 0.562. The molecule has 1 aromatic carbocycles. The summed E-state index contributed by atoms with van der Waals surface area (Å²) < 4.78 is 13.1. The Morgan fingerprint density at radius 2 is 2.05 bits per heavy atom. The maximum atomic E-state index is 13.1. The molecule has 0 aliphatic heterocycles. The quantitative estimate of drug-likeness (QED) is 0.908. The Labute approximate surface area is 113 Å². The second-order valence-electron chi connectivity index (χ2n) is 5.31. The molecule has 0 radical (unpaired) electrons. The lowest BCUT2D eigenvalue weighted by Crippen LogP contribution is -2.33. The predicted octanol–water partition coefficient (Wildman–Crippen LogP) is 3.29. The summed E-state index contributed by atoms with van der Waals surface area (Å²) in [6.07, 6.45) is 6.11. The fourth-order valence-corrected chi connectivity index (χ4v) is 2.81. The molecule has 1 N–H and O–H groups in total. The summed E-state index contributed by atoms with van der Waals surface area (Å²) in [6, 6.07) is 4.53. The summed E-state index contributed by atoms with van der Waals surface area (Å²) in [7, 11) is 2.02. The van der Waals surface area contributed by atoms with E-state index in [2.05, 4.69) is 4.90 Å². The monoisotopic (exact) mass is 265 g/mol. The summed E-state index contributed by atoms with van der Waals surface area (Å²) in [5.74, 6) is -1.56. The number of carboxylic acid groups (broad SMARTS) is 1. The minimum absolute atomic E-state index is 0.0719. The third kappa shape index (κ3) is 3.53. The molecule has 0 bridgehead atoms. The largest absolute Gasteiger partial charge is 0.478 e. The number of aromatic carboxylic acids is 1. The van der Waals surface area contributed by atoms with Gasteiger partial charge in [0.15, 0.2) is 0 Å². The number of carboxylic acids is 1. The van der Waals surface area contributed by atoms with E-state index in [0.717, 1.165) is 6.07 Å². The number of hydrogen-bond acceptors (Lipinski definition) is 2. The Bertz CT molecular complexity index is 455. The number of benzene rings is 1. The molecule has 0 heterocycles. The van der Waals surface area contributed by atoms with E-state index in [9.17, 15) is 9.18 Å². The van der Waals surface area contributed by atoms with Gasteiger partial charge in [0.05, 0.1) is 5.56 Å². The highest BCUT2D eigenvalue weighted by Gasteiger charge is 2.20. The first-order valence-electron chi connectivity index (χ1n) is 6.80. The zero-order chi connectivity index (χ0) is 13.8. The first kappa shape index (κ1) is 14.0. The SMILES string of the molecule is CN(Cc1ccc(F)cc1C(=O)O)C1CCCCC1. The molecule has 0 aromatic heterocycles. The van der Waals surface area contributed by atoms with Crippen LogP contribution in [0.5, 0.6) is 0 Å². The smallest absolute Gasteiger partial charge is 0.336 e. The molecule has 0 amide bonds. The number of hydrogen-bond donors (Lipinski definition) is 1. The van der Waals surface area contributed by atoms with Gasteiger partial charge in [-0.2, -0.15) is 0 Å². The highest BCUT2D eigenvalue weighted by molar-refractivity contribution is 5.89. The lowest BCUT2D eigenvalue weighted by Gasteiger charge is -2.31. The van der Waals surface area contributed by atoms with E-state index in [0.29, 0.717) is 18.2 Å². The molecule has 0 unspecified atom stereocenters. The van der Waals surface area contributed by atoms with Crippen molar-refractivity contribution in [3.8, 4) is 0 Å². The second-order valence-corrected chi connectivity index (χ2v) is 5.31. The molecule has 1 aromatic rings. The maximum absolute atomic E-state index is 13.1. The van der Waals surface area contributed by atoms with Gasteiger partial charge >= 0.3 is 5.97 Å². The third-order valence-corrected chi connectivity index (χ3v) is 3.92. The third-order valence-electron chi connectivity index (χ3n) is 3.92. The summed E-state index contributed by atoms with van der Waals surface area (Å²) in [5.41, 5.74) is 0.754. The van der Waals surface area contributed by atoms with Crippen LogP contribution in [0.2, 0.25) is 0 Å². The van der Waals surface area contributed by atoms with Crippen molar-refractivity contribution in [2.24, 2.45) is 0 Å². The lowest BCUT2D eigenvalue weighted by atomic mass is 9.94. The van der Waals surface area contributed by atoms with Gasteiger partial charge in [-0.1, -0.05) is 25.3 Å². The number of rotatable bonds is 4. The summed E-state index contributed by atoms with van der Waals surface area (Å²) in [4.78, 5) is 13.3. The van der Waals surface area contributed by atoms with Crippen molar-refractivity contribution in [2.75, 3.05) is 7.05 Å². The van der Waals surface area contributed by atoms with Crippen LogP contribution >= 0.6 is 0 Å². The van der Waals surface area contributed by atoms with Crippen molar-refractivity contribution in [1.82, 2.24) is 4.90 Å². The topological polar surface area (TPSA) is 40.5 Å². The second kappa shape index (κ2) is 6.15. The Kier molecular flexibility index (Phi) is 4.53. The van der Waals surface area contributed by atoms with Crippen molar-refractivity contribution in [1.29, 1.82) is 0 Å². The van der Waals surface area contributed by atoms with Gasteiger partial charge in [-0.3, -0.25) is 4.90 Å². The van der Waals surface area contributed by atoms with Crippen molar-refractivity contribution < 1.29 is 14.3 Å². The molecule has 0 saturated heterocycles. The van der Waals surface area contributed by atoms with Gasteiger partial charge in [0.25, 0.3) is 0 Å². The van der Waals surface area contributed by atoms with Crippen LogP contribution in [-0.4, -0.2) is 29.1 Å². The molecule has 4 heteroatoms. The zero-order valence-electron chi connectivity index (χ0n) is 11.2. The van der Waals surface area contributed by atoms with E-state index < -0.39 is 11.8 Å². The number of nitrogens with zero attached hydrogens (tertiary/aromatic N) is 1. The van der Waals surface area contributed by atoms with Gasteiger partial charge in [0, 0.05) is 12.6 Å². The highest BCUT2D eigenvalue weighted by atomic mass is 19.1. The maximum Gasteiger partial charge on any atom is 0.336 e. The molecule has 1 fully saturated rings. The van der Waals surface area contributed by atoms with Gasteiger partial charge in [0.1, 0.15) is 5.82 Å². The predicted molar refractivity (Wildman–Crippen MR) is 71.7 cm³/mol.